The number of rotatable bonds is 3. The summed E-state index contributed by atoms with van der Waals surface area (Å²) in [7, 11) is 0. The summed E-state index contributed by atoms with van der Waals surface area (Å²) >= 11 is 0. The van der Waals surface area contributed by atoms with Gasteiger partial charge in [-0.05, 0) is 20.3 Å². The van der Waals surface area contributed by atoms with Crippen LogP contribution in [0.3, 0.4) is 0 Å². The fourth-order valence-corrected chi connectivity index (χ4v) is 0.305. The van der Waals surface area contributed by atoms with Crippen molar-refractivity contribution in [2.24, 2.45) is 0 Å². The molecule has 1 atom stereocenters. The van der Waals surface area contributed by atoms with E-state index in [-0.39, 0.29) is 12.1 Å². The predicted molar refractivity (Wildman–Crippen MR) is 35.7 cm³/mol. The third-order valence-electron chi connectivity index (χ3n) is 0.891. The monoisotopic (exact) mass is 127 g/mol. The van der Waals surface area contributed by atoms with Gasteiger partial charge in [-0.1, -0.05) is 6.58 Å². The van der Waals surface area contributed by atoms with Crippen molar-refractivity contribution < 1.29 is 9.53 Å². The molecule has 0 aromatic rings. The van der Waals surface area contributed by atoms with Gasteiger partial charge in [0.05, 0.1) is 6.10 Å². The fourth-order valence-electron chi connectivity index (χ4n) is 0.305. The molecule has 0 amide bonds. The molecule has 0 bridgehead atoms. The van der Waals surface area contributed by atoms with E-state index in [1.807, 2.05) is 0 Å². The Hall–Kier alpha value is -0.790. The van der Waals surface area contributed by atoms with Crippen LogP contribution in [-0.4, -0.2) is 12.1 Å². The van der Waals surface area contributed by atoms with Crippen LogP contribution >= 0.6 is 0 Å². The third-order valence-corrected chi connectivity index (χ3v) is 0.891. The fraction of sp³-hybridized carbons (Fsp3) is 0.429. The number of esters is 1. The molecule has 0 unspecified atom stereocenters. The Bertz CT molecular complexity index is 107. The highest BCUT2D eigenvalue weighted by molar-refractivity contribution is 5.81. The molecule has 0 saturated heterocycles. The maximum absolute atomic E-state index is 10.4. The predicted octanol–water partition coefficient (Wildman–Crippen LogP) is 1.33. The molecule has 1 radical (unpaired) electrons. The second-order valence-corrected chi connectivity index (χ2v) is 1.74. The van der Waals surface area contributed by atoms with Gasteiger partial charge in [0.15, 0.2) is 0 Å². The SMILES string of the molecule is [CH2]C[C@@H](C)OC(=O)C=C. The Morgan fingerprint density at radius 1 is 1.89 bits per heavy atom. The van der Waals surface area contributed by atoms with E-state index < -0.39 is 0 Å². The number of hydrogen-bond acceptors (Lipinski definition) is 2. The standard InChI is InChI=1S/C7H11O2/c1-4-6(3)9-7(8)5-2/h5-6H,1-2,4H2,3H3/t6-/m1/s1. The zero-order valence-corrected chi connectivity index (χ0v) is 5.59. The van der Waals surface area contributed by atoms with Gasteiger partial charge in [0.25, 0.3) is 0 Å². The largest absolute Gasteiger partial charge is 0.460 e. The first kappa shape index (κ1) is 8.21. The number of hydrogen-bond donors (Lipinski definition) is 0. The maximum atomic E-state index is 10.4. The Morgan fingerprint density at radius 3 is 2.78 bits per heavy atom. The Kier molecular flexibility index (Phi) is 3.76. The molecule has 0 heterocycles. The Balaban J connectivity index is 3.46. The van der Waals surface area contributed by atoms with Gasteiger partial charge in [-0.25, -0.2) is 4.79 Å². The minimum atomic E-state index is -0.383. The van der Waals surface area contributed by atoms with Crippen LogP contribution in [0.25, 0.3) is 0 Å². The van der Waals surface area contributed by atoms with Crippen LogP contribution in [0.1, 0.15) is 13.3 Å². The zero-order chi connectivity index (χ0) is 7.28. The van der Waals surface area contributed by atoms with Crippen LogP contribution in [0, 0.1) is 6.92 Å². The zero-order valence-electron chi connectivity index (χ0n) is 5.59. The lowest BCUT2D eigenvalue weighted by atomic mass is 10.3. The molecular formula is C7H11O2. The van der Waals surface area contributed by atoms with Crippen molar-refractivity contribution in [3.63, 3.8) is 0 Å². The maximum Gasteiger partial charge on any atom is 0.330 e. The molecule has 0 rings (SSSR count). The van der Waals surface area contributed by atoms with Crippen molar-refractivity contribution in [3.8, 4) is 0 Å². The molecule has 51 valence electrons. The van der Waals surface area contributed by atoms with Crippen LogP contribution in [0.15, 0.2) is 12.7 Å². The highest BCUT2D eigenvalue weighted by Gasteiger charge is 2.01. The van der Waals surface area contributed by atoms with E-state index in [1.54, 1.807) is 6.92 Å². The van der Waals surface area contributed by atoms with Gasteiger partial charge in [-0.15, -0.1) is 0 Å². The summed E-state index contributed by atoms with van der Waals surface area (Å²) in [6.45, 7) is 8.60. The molecule has 9 heavy (non-hydrogen) atoms. The molecule has 0 N–H and O–H groups in total. The normalized spacial score (nSPS) is 12.2. The van der Waals surface area contributed by atoms with E-state index in [0.717, 1.165) is 6.08 Å². The van der Waals surface area contributed by atoms with E-state index in [0.29, 0.717) is 6.42 Å². The quantitative estimate of drug-likeness (QED) is 0.422. The van der Waals surface area contributed by atoms with Crippen molar-refractivity contribution in [1.82, 2.24) is 0 Å². The van der Waals surface area contributed by atoms with Crippen LogP contribution < -0.4 is 0 Å². The second-order valence-electron chi connectivity index (χ2n) is 1.74. The van der Waals surface area contributed by atoms with Crippen molar-refractivity contribution >= 4 is 5.97 Å². The summed E-state index contributed by atoms with van der Waals surface area (Å²) < 4.78 is 4.73. The summed E-state index contributed by atoms with van der Waals surface area (Å²) in [5.74, 6) is -0.383. The van der Waals surface area contributed by atoms with E-state index in [1.165, 1.54) is 0 Å². The summed E-state index contributed by atoms with van der Waals surface area (Å²) in [6, 6.07) is 0. The Morgan fingerprint density at radius 2 is 2.44 bits per heavy atom. The van der Waals surface area contributed by atoms with Gasteiger partial charge in [0.1, 0.15) is 0 Å². The van der Waals surface area contributed by atoms with Crippen molar-refractivity contribution in [2.45, 2.75) is 19.4 Å². The molecular weight excluding hydrogens is 116 g/mol. The average Bonchev–Trinajstić information content (AvgIpc) is 1.87. The minimum Gasteiger partial charge on any atom is -0.460 e. The first-order chi connectivity index (χ1) is 4.20. The van der Waals surface area contributed by atoms with E-state index in [9.17, 15) is 4.79 Å². The molecule has 2 heteroatoms. The lowest BCUT2D eigenvalue weighted by Crippen LogP contribution is -2.10. The summed E-state index contributed by atoms with van der Waals surface area (Å²) in [5.41, 5.74) is 0. The number of carbonyl (C=O) groups excluding carboxylic acids is 1. The van der Waals surface area contributed by atoms with Crippen LogP contribution in [-0.2, 0) is 9.53 Å². The smallest absolute Gasteiger partial charge is 0.330 e. The second kappa shape index (κ2) is 4.13. The minimum absolute atomic E-state index is 0.101. The van der Waals surface area contributed by atoms with Gasteiger partial charge < -0.3 is 4.74 Å². The summed E-state index contributed by atoms with van der Waals surface area (Å²) in [4.78, 5) is 10.4. The number of ether oxygens (including phenoxy) is 1. The van der Waals surface area contributed by atoms with Crippen molar-refractivity contribution in [3.05, 3.63) is 19.6 Å². The summed E-state index contributed by atoms with van der Waals surface area (Å²) in [6.07, 6.45) is 1.64. The van der Waals surface area contributed by atoms with E-state index in [2.05, 4.69) is 13.5 Å². The molecule has 2 nitrogen and oxygen atoms in total. The Labute approximate surface area is 55.5 Å². The first-order valence-corrected chi connectivity index (χ1v) is 2.83. The third kappa shape index (κ3) is 3.76. The lowest BCUT2D eigenvalue weighted by molar-refractivity contribution is -0.141. The lowest BCUT2D eigenvalue weighted by Gasteiger charge is -2.06. The molecule has 0 aliphatic heterocycles. The first-order valence-electron chi connectivity index (χ1n) is 2.83. The molecule has 0 aliphatic carbocycles. The molecule has 0 aromatic carbocycles. The molecule has 0 fully saturated rings. The van der Waals surface area contributed by atoms with Crippen LogP contribution in [0.5, 0.6) is 0 Å². The van der Waals surface area contributed by atoms with E-state index >= 15 is 0 Å². The van der Waals surface area contributed by atoms with Crippen molar-refractivity contribution in [2.75, 3.05) is 0 Å². The molecule has 0 aromatic heterocycles. The highest BCUT2D eigenvalue weighted by Crippen LogP contribution is 1.95. The van der Waals surface area contributed by atoms with Gasteiger partial charge in [-0.3, -0.25) is 0 Å². The van der Waals surface area contributed by atoms with Gasteiger partial charge in [-0.2, -0.15) is 0 Å². The van der Waals surface area contributed by atoms with Gasteiger partial charge in [0, 0.05) is 6.08 Å². The van der Waals surface area contributed by atoms with Crippen molar-refractivity contribution in [1.29, 1.82) is 0 Å². The molecule has 0 aliphatic rings. The average molecular weight is 127 g/mol. The van der Waals surface area contributed by atoms with Gasteiger partial charge in [0.2, 0.25) is 0 Å². The highest BCUT2D eigenvalue weighted by atomic mass is 16.5. The summed E-state index contributed by atoms with van der Waals surface area (Å²) in [5, 5.41) is 0. The molecule has 0 saturated carbocycles. The number of carbonyl (C=O) groups is 1. The van der Waals surface area contributed by atoms with Gasteiger partial charge >= 0.3 is 5.97 Å². The topological polar surface area (TPSA) is 26.3 Å². The van der Waals surface area contributed by atoms with E-state index in [4.69, 9.17) is 4.74 Å². The van der Waals surface area contributed by atoms with Crippen LogP contribution in [0.2, 0.25) is 0 Å². The van der Waals surface area contributed by atoms with Crippen LogP contribution in [0.4, 0.5) is 0 Å². The molecule has 0 spiro atoms.